The van der Waals surface area contributed by atoms with Gasteiger partial charge in [0.2, 0.25) is 0 Å². The van der Waals surface area contributed by atoms with Crippen LogP contribution in [0.2, 0.25) is 0 Å². The van der Waals surface area contributed by atoms with Gasteiger partial charge in [-0.15, -0.1) is 0 Å². The largest absolute Gasteiger partial charge is 0.469 e. The molecule has 0 saturated carbocycles. The Morgan fingerprint density at radius 2 is 1.79 bits per heavy atom. The van der Waals surface area contributed by atoms with Crippen molar-refractivity contribution >= 4 is 5.97 Å². The Morgan fingerprint density at radius 3 is 2.37 bits per heavy atom. The third-order valence-corrected chi connectivity index (χ3v) is 3.13. The van der Waals surface area contributed by atoms with E-state index < -0.39 is 11.9 Å². The monoisotopic (exact) mass is 258 g/mol. The van der Waals surface area contributed by atoms with E-state index >= 15 is 0 Å². The van der Waals surface area contributed by atoms with Crippen LogP contribution in [0.25, 0.3) is 11.1 Å². The smallest absolute Gasteiger partial charge is 0.312 e. The first-order chi connectivity index (χ1) is 9.13. The lowest BCUT2D eigenvalue weighted by Crippen LogP contribution is -2.12. The number of hydrogen-bond donors (Lipinski definition) is 0. The number of rotatable bonds is 3. The molecule has 0 heterocycles. The zero-order valence-corrected chi connectivity index (χ0v) is 10.9. The molecule has 2 nitrogen and oxygen atoms in total. The number of benzene rings is 2. The lowest BCUT2D eigenvalue weighted by molar-refractivity contribution is -0.142. The van der Waals surface area contributed by atoms with Crippen molar-refractivity contribution in [2.24, 2.45) is 0 Å². The molecule has 0 bridgehead atoms. The fraction of sp³-hybridized carbons (Fsp3) is 0.188. The molecule has 0 amide bonds. The predicted molar refractivity (Wildman–Crippen MR) is 72.3 cm³/mol. The highest BCUT2D eigenvalue weighted by atomic mass is 19.1. The first-order valence-electron chi connectivity index (χ1n) is 6.06. The summed E-state index contributed by atoms with van der Waals surface area (Å²) in [4.78, 5) is 11.4. The van der Waals surface area contributed by atoms with Crippen LogP contribution < -0.4 is 0 Å². The molecule has 3 heteroatoms. The Balaban J connectivity index is 2.35. The van der Waals surface area contributed by atoms with Gasteiger partial charge in [0, 0.05) is 5.56 Å². The van der Waals surface area contributed by atoms with Crippen LogP contribution in [0.3, 0.4) is 0 Å². The molecule has 2 rings (SSSR count). The summed E-state index contributed by atoms with van der Waals surface area (Å²) in [5.74, 6) is -1.43. The van der Waals surface area contributed by atoms with E-state index in [2.05, 4.69) is 4.74 Å². The molecular formula is C16H15FO2. The van der Waals surface area contributed by atoms with Crippen LogP contribution in [0.1, 0.15) is 18.4 Å². The van der Waals surface area contributed by atoms with E-state index in [1.54, 1.807) is 13.0 Å². The number of ether oxygens (including phenoxy) is 1. The van der Waals surface area contributed by atoms with Crippen molar-refractivity contribution in [3.8, 4) is 11.1 Å². The summed E-state index contributed by atoms with van der Waals surface area (Å²) >= 11 is 0. The summed E-state index contributed by atoms with van der Waals surface area (Å²) < 4.78 is 18.7. The van der Waals surface area contributed by atoms with Gasteiger partial charge in [-0.1, -0.05) is 42.5 Å². The lowest BCUT2D eigenvalue weighted by Gasteiger charge is -2.11. The van der Waals surface area contributed by atoms with Crippen LogP contribution in [0, 0.1) is 5.82 Å². The van der Waals surface area contributed by atoms with Gasteiger partial charge in [0.1, 0.15) is 5.82 Å². The van der Waals surface area contributed by atoms with Gasteiger partial charge in [0.25, 0.3) is 0 Å². The fourth-order valence-corrected chi connectivity index (χ4v) is 1.99. The number of esters is 1. The molecule has 1 unspecified atom stereocenters. The third kappa shape index (κ3) is 2.81. The molecule has 0 saturated heterocycles. The van der Waals surface area contributed by atoms with Crippen LogP contribution in [-0.4, -0.2) is 13.1 Å². The van der Waals surface area contributed by atoms with Gasteiger partial charge in [-0.2, -0.15) is 0 Å². The zero-order chi connectivity index (χ0) is 13.8. The second-order valence-corrected chi connectivity index (χ2v) is 4.35. The maximum absolute atomic E-state index is 14.1. The molecule has 0 aromatic heterocycles. The fourth-order valence-electron chi connectivity index (χ4n) is 1.99. The van der Waals surface area contributed by atoms with Crippen molar-refractivity contribution in [2.75, 3.05) is 7.11 Å². The third-order valence-electron chi connectivity index (χ3n) is 3.13. The van der Waals surface area contributed by atoms with E-state index in [9.17, 15) is 9.18 Å². The van der Waals surface area contributed by atoms with Gasteiger partial charge >= 0.3 is 5.97 Å². The Hall–Kier alpha value is -2.16. The number of hydrogen-bond acceptors (Lipinski definition) is 2. The maximum Gasteiger partial charge on any atom is 0.312 e. The maximum atomic E-state index is 14.1. The predicted octanol–water partition coefficient (Wildman–Crippen LogP) is 3.77. The normalized spacial score (nSPS) is 11.9. The summed E-state index contributed by atoms with van der Waals surface area (Å²) in [6, 6.07) is 14.4. The first-order valence-corrected chi connectivity index (χ1v) is 6.06. The SMILES string of the molecule is COC(=O)C(C)c1ccc(-c2ccccc2)cc1F. The molecule has 98 valence electrons. The Labute approximate surface area is 111 Å². The van der Waals surface area contributed by atoms with Crippen molar-refractivity contribution in [1.82, 2.24) is 0 Å². The van der Waals surface area contributed by atoms with E-state index in [1.807, 2.05) is 36.4 Å². The van der Waals surface area contributed by atoms with Crippen LogP contribution in [0.4, 0.5) is 4.39 Å². The zero-order valence-electron chi connectivity index (χ0n) is 10.9. The van der Waals surface area contributed by atoms with E-state index in [4.69, 9.17) is 0 Å². The first kappa shape index (κ1) is 13.3. The quantitative estimate of drug-likeness (QED) is 0.783. The summed E-state index contributed by atoms with van der Waals surface area (Å²) in [7, 11) is 1.30. The van der Waals surface area contributed by atoms with Gasteiger partial charge in [0.15, 0.2) is 0 Å². The molecule has 0 radical (unpaired) electrons. The van der Waals surface area contributed by atoms with Gasteiger partial charge in [0.05, 0.1) is 13.0 Å². The van der Waals surface area contributed by atoms with Crippen molar-refractivity contribution in [3.63, 3.8) is 0 Å². The topological polar surface area (TPSA) is 26.3 Å². The van der Waals surface area contributed by atoms with E-state index in [-0.39, 0.29) is 5.82 Å². The number of methoxy groups -OCH3 is 1. The van der Waals surface area contributed by atoms with Gasteiger partial charge < -0.3 is 4.74 Å². The van der Waals surface area contributed by atoms with Gasteiger partial charge in [-0.05, 0) is 24.1 Å². The molecule has 2 aromatic carbocycles. The second-order valence-electron chi connectivity index (χ2n) is 4.35. The minimum atomic E-state index is -0.602. The van der Waals surface area contributed by atoms with E-state index in [0.29, 0.717) is 5.56 Å². The Morgan fingerprint density at radius 1 is 1.11 bits per heavy atom. The van der Waals surface area contributed by atoms with Crippen LogP contribution >= 0.6 is 0 Å². The summed E-state index contributed by atoms with van der Waals surface area (Å²) in [5.41, 5.74) is 2.09. The van der Waals surface area contributed by atoms with Crippen molar-refractivity contribution in [1.29, 1.82) is 0 Å². The van der Waals surface area contributed by atoms with E-state index in [1.165, 1.54) is 13.2 Å². The van der Waals surface area contributed by atoms with Crippen molar-refractivity contribution in [3.05, 3.63) is 59.9 Å². The Kier molecular flexibility index (Phi) is 3.95. The van der Waals surface area contributed by atoms with Crippen LogP contribution in [-0.2, 0) is 9.53 Å². The molecule has 1 atom stereocenters. The molecular weight excluding hydrogens is 243 g/mol. The molecule has 0 spiro atoms. The number of halogens is 1. The molecule has 0 aliphatic carbocycles. The van der Waals surface area contributed by atoms with Gasteiger partial charge in [-0.3, -0.25) is 4.79 Å². The lowest BCUT2D eigenvalue weighted by atomic mass is 9.97. The van der Waals surface area contributed by atoms with E-state index in [0.717, 1.165) is 11.1 Å². The molecule has 19 heavy (non-hydrogen) atoms. The summed E-state index contributed by atoms with van der Waals surface area (Å²) in [6.07, 6.45) is 0. The number of carbonyl (C=O) groups is 1. The van der Waals surface area contributed by atoms with Crippen LogP contribution in [0.5, 0.6) is 0 Å². The highest BCUT2D eigenvalue weighted by Gasteiger charge is 2.19. The standard InChI is InChI=1S/C16H15FO2/c1-11(16(18)19-2)14-9-8-13(10-15(14)17)12-6-4-3-5-7-12/h3-11H,1-2H3. The highest BCUT2D eigenvalue weighted by Crippen LogP contribution is 2.26. The average Bonchev–Trinajstić information content (AvgIpc) is 2.46. The summed E-state index contributed by atoms with van der Waals surface area (Å²) in [5, 5.41) is 0. The van der Waals surface area contributed by atoms with Crippen molar-refractivity contribution in [2.45, 2.75) is 12.8 Å². The summed E-state index contributed by atoms with van der Waals surface area (Å²) in [6.45, 7) is 1.63. The van der Waals surface area contributed by atoms with Crippen LogP contribution in [0.15, 0.2) is 48.5 Å². The minimum absolute atomic E-state index is 0.353. The Bertz CT molecular complexity index is 579. The highest BCUT2D eigenvalue weighted by molar-refractivity contribution is 5.78. The second kappa shape index (κ2) is 5.65. The molecule has 0 N–H and O–H groups in total. The molecule has 0 aliphatic rings. The van der Waals surface area contributed by atoms with Crippen molar-refractivity contribution < 1.29 is 13.9 Å². The molecule has 0 aliphatic heterocycles. The number of carbonyl (C=O) groups excluding carboxylic acids is 1. The average molecular weight is 258 g/mol. The minimum Gasteiger partial charge on any atom is -0.469 e. The molecule has 2 aromatic rings. The van der Waals surface area contributed by atoms with Gasteiger partial charge in [-0.25, -0.2) is 4.39 Å². The molecule has 0 fully saturated rings.